The molecule has 0 saturated carbocycles. The summed E-state index contributed by atoms with van der Waals surface area (Å²) in [5.74, 6) is -2.72. The number of anilines is 1. The van der Waals surface area contributed by atoms with Crippen molar-refractivity contribution in [3.8, 4) is 0 Å². The fraction of sp³-hybridized carbons (Fsp3) is 0.500. The average molecular weight is 308 g/mol. The van der Waals surface area contributed by atoms with E-state index < -0.39 is 32.6 Å². The molecule has 1 rings (SSSR count). The van der Waals surface area contributed by atoms with Crippen molar-refractivity contribution < 1.29 is 21.9 Å². The third-order valence-electron chi connectivity index (χ3n) is 2.70. The molecular weight excluding hydrogens is 290 g/mol. The number of methoxy groups -OCH3 is 1. The lowest BCUT2D eigenvalue weighted by Crippen LogP contribution is -2.39. The molecule has 0 amide bonds. The van der Waals surface area contributed by atoms with Gasteiger partial charge in [0.2, 0.25) is 10.0 Å². The molecule has 0 saturated heterocycles. The first kappa shape index (κ1) is 16.8. The van der Waals surface area contributed by atoms with E-state index in [1.807, 2.05) is 0 Å². The predicted octanol–water partition coefficient (Wildman–Crippen LogP) is 1.59. The molecule has 5 nitrogen and oxygen atoms in total. The van der Waals surface area contributed by atoms with E-state index >= 15 is 0 Å². The van der Waals surface area contributed by atoms with Crippen molar-refractivity contribution >= 4 is 15.7 Å². The second kappa shape index (κ2) is 6.47. The highest BCUT2D eigenvalue weighted by atomic mass is 32.2. The molecule has 0 spiro atoms. The van der Waals surface area contributed by atoms with Gasteiger partial charge in [-0.1, -0.05) is 0 Å². The van der Waals surface area contributed by atoms with Gasteiger partial charge in [-0.05, 0) is 26.0 Å². The van der Waals surface area contributed by atoms with E-state index in [1.54, 1.807) is 13.8 Å². The number of rotatable bonds is 6. The lowest BCUT2D eigenvalue weighted by Gasteiger charge is -2.25. The monoisotopic (exact) mass is 308 g/mol. The Morgan fingerprint density at radius 1 is 1.35 bits per heavy atom. The Morgan fingerprint density at radius 2 is 1.95 bits per heavy atom. The smallest absolute Gasteiger partial charge is 0.246 e. The third kappa shape index (κ3) is 3.44. The van der Waals surface area contributed by atoms with Crippen LogP contribution >= 0.6 is 0 Å². The summed E-state index contributed by atoms with van der Waals surface area (Å²) in [6, 6.07) is 1.22. The van der Waals surface area contributed by atoms with Crippen LogP contribution in [-0.4, -0.2) is 39.0 Å². The van der Waals surface area contributed by atoms with E-state index in [9.17, 15) is 17.2 Å². The van der Waals surface area contributed by atoms with E-state index in [-0.39, 0.29) is 18.8 Å². The molecular formula is C12H18F2N2O3S. The minimum absolute atomic E-state index is 0.0341. The Bertz CT molecular complexity index is 576. The maximum atomic E-state index is 13.8. The zero-order valence-electron chi connectivity index (χ0n) is 11.6. The summed E-state index contributed by atoms with van der Waals surface area (Å²) in [5, 5.41) is 0. The number of nitrogens with two attached hydrogens (primary N) is 1. The molecule has 0 atom stereocenters. The first-order valence-electron chi connectivity index (χ1n) is 5.97. The first-order valence-corrected chi connectivity index (χ1v) is 7.41. The molecule has 20 heavy (non-hydrogen) atoms. The van der Waals surface area contributed by atoms with Crippen LogP contribution in [0, 0.1) is 11.6 Å². The third-order valence-corrected chi connectivity index (χ3v) is 4.77. The molecule has 114 valence electrons. The number of sulfonamides is 1. The minimum atomic E-state index is -4.19. The fourth-order valence-corrected chi connectivity index (χ4v) is 3.47. The highest BCUT2D eigenvalue weighted by molar-refractivity contribution is 7.89. The molecule has 0 aliphatic carbocycles. The molecule has 0 bridgehead atoms. The van der Waals surface area contributed by atoms with E-state index in [2.05, 4.69) is 0 Å². The summed E-state index contributed by atoms with van der Waals surface area (Å²) in [7, 11) is -2.77. The topological polar surface area (TPSA) is 72.6 Å². The van der Waals surface area contributed by atoms with Gasteiger partial charge in [0.25, 0.3) is 0 Å². The van der Waals surface area contributed by atoms with Crippen molar-refractivity contribution in [3.05, 3.63) is 23.8 Å². The van der Waals surface area contributed by atoms with Crippen molar-refractivity contribution in [1.29, 1.82) is 0 Å². The van der Waals surface area contributed by atoms with Gasteiger partial charge in [-0.15, -0.1) is 0 Å². The summed E-state index contributed by atoms with van der Waals surface area (Å²) < 4.78 is 57.8. The second-order valence-electron chi connectivity index (χ2n) is 4.52. The molecule has 1 aromatic carbocycles. The molecule has 2 N–H and O–H groups in total. The summed E-state index contributed by atoms with van der Waals surface area (Å²) in [6.07, 6.45) is 0. The van der Waals surface area contributed by atoms with Gasteiger partial charge in [-0.3, -0.25) is 0 Å². The molecule has 0 aliphatic rings. The van der Waals surface area contributed by atoms with E-state index in [0.29, 0.717) is 0 Å². The van der Waals surface area contributed by atoms with E-state index in [0.717, 1.165) is 16.4 Å². The van der Waals surface area contributed by atoms with Crippen LogP contribution in [0.25, 0.3) is 0 Å². The van der Waals surface area contributed by atoms with Crippen LogP contribution in [0.2, 0.25) is 0 Å². The number of halogens is 2. The normalized spacial score (nSPS) is 12.3. The lowest BCUT2D eigenvalue weighted by molar-refractivity contribution is 0.170. The van der Waals surface area contributed by atoms with Gasteiger partial charge in [0.05, 0.1) is 6.61 Å². The van der Waals surface area contributed by atoms with Crippen LogP contribution in [0.1, 0.15) is 13.8 Å². The van der Waals surface area contributed by atoms with Gasteiger partial charge in [0, 0.05) is 25.4 Å². The summed E-state index contributed by atoms with van der Waals surface area (Å²) in [6.45, 7) is 3.44. The maximum Gasteiger partial charge on any atom is 0.246 e. The molecule has 0 radical (unpaired) electrons. The number of hydrogen-bond acceptors (Lipinski definition) is 4. The lowest BCUT2D eigenvalue weighted by atomic mass is 10.3. The van der Waals surface area contributed by atoms with E-state index in [1.165, 1.54) is 7.11 Å². The SMILES string of the molecule is COCCN(C(C)C)S(=O)(=O)c1cc(N)cc(F)c1F. The molecule has 8 heteroatoms. The molecule has 0 unspecified atom stereocenters. The molecule has 0 heterocycles. The molecule has 1 aromatic rings. The largest absolute Gasteiger partial charge is 0.399 e. The van der Waals surface area contributed by atoms with Gasteiger partial charge in [-0.25, -0.2) is 17.2 Å². The highest BCUT2D eigenvalue weighted by Gasteiger charge is 2.31. The summed E-state index contributed by atoms with van der Waals surface area (Å²) in [5.41, 5.74) is 5.23. The molecule has 0 fully saturated rings. The summed E-state index contributed by atoms with van der Waals surface area (Å²) >= 11 is 0. The molecule has 0 aliphatic heterocycles. The van der Waals surface area contributed by atoms with Gasteiger partial charge < -0.3 is 10.5 Å². The predicted molar refractivity (Wildman–Crippen MR) is 71.7 cm³/mol. The van der Waals surface area contributed by atoms with Crippen LogP contribution in [0.15, 0.2) is 17.0 Å². The highest BCUT2D eigenvalue weighted by Crippen LogP contribution is 2.25. The standard InChI is InChI=1S/C12H18F2N2O3S/c1-8(2)16(4-5-19-3)20(17,18)11-7-9(15)6-10(13)12(11)14/h6-8H,4-5,15H2,1-3H3. The molecule has 0 aromatic heterocycles. The maximum absolute atomic E-state index is 13.8. The Balaban J connectivity index is 3.33. The zero-order valence-corrected chi connectivity index (χ0v) is 12.4. The minimum Gasteiger partial charge on any atom is -0.399 e. The Kier molecular flexibility index (Phi) is 5.43. The number of ether oxygens (including phenoxy) is 1. The summed E-state index contributed by atoms with van der Waals surface area (Å²) in [4.78, 5) is -0.764. The van der Waals surface area contributed by atoms with Crippen molar-refractivity contribution in [1.82, 2.24) is 4.31 Å². The van der Waals surface area contributed by atoms with Crippen LogP contribution in [0.3, 0.4) is 0 Å². The zero-order chi connectivity index (χ0) is 15.5. The van der Waals surface area contributed by atoms with Crippen molar-refractivity contribution in [3.63, 3.8) is 0 Å². The Hall–Kier alpha value is -1.25. The van der Waals surface area contributed by atoms with Crippen molar-refractivity contribution in [2.24, 2.45) is 0 Å². The quantitative estimate of drug-likeness (QED) is 0.810. The first-order chi connectivity index (χ1) is 9.21. The number of hydrogen-bond donors (Lipinski definition) is 1. The number of nitrogens with zero attached hydrogens (tertiary/aromatic N) is 1. The van der Waals surface area contributed by atoms with Crippen molar-refractivity contribution in [2.75, 3.05) is 26.0 Å². The van der Waals surface area contributed by atoms with Crippen LogP contribution in [0.5, 0.6) is 0 Å². The van der Waals surface area contributed by atoms with Gasteiger partial charge >= 0.3 is 0 Å². The van der Waals surface area contributed by atoms with Gasteiger partial charge in [0.1, 0.15) is 4.90 Å². The fourth-order valence-electron chi connectivity index (χ4n) is 1.73. The van der Waals surface area contributed by atoms with Crippen LogP contribution in [0.4, 0.5) is 14.5 Å². The number of benzene rings is 1. The van der Waals surface area contributed by atoms with Crippen LogP contribution < -0.4 is 5.73 Å². The average Bonchev–Trinajstić information content (AvgIpc) is 2.33. The van der Waals surface area contributed by atoms with E-state index in [4.69, 9.17) is 10.5 Å². The Labute approximate surface area is 117 Å². The number of nitrogen functional groups attached to an aromatic ring is 1. The Morgan fingerprint density at radius 3 is 2.45 bits per heavy atom. The van der Waals surface area contributed by atoms with Crippen LogP contribution in [-0.2, 0) is 14.8 Å². The van der Waals surface area contributed by atoms with Gasteiger partial charge in [-0.2, -0.15) is 4.31 Å². The second-order valence-corrected chi connectivity index (χ2v) is 6.38. The van der Waals surface area contributed by atoms with Gasteiger partial charge in [0.15, 0.2) is 11.6 Å². The van der Waals surface area contributed by atoms with Crippen molar-refractivity contribution in [2.45, 2.75) is 24.8 Å².